The minimum absolute atomic E-state index is 0. The number of Topliss-reactive ketones (excluding diaryl/α,β-unsaturated/α-hetero) is 1. The van der Waals surface area contributed by atoms with E-state index in [-0.39, 0.29) is 29.3 Å². The molecule has 5 heteroatoms. The third-order valence-electron chi connectivity index (χ3n) is 4.33. The first-order chi connectivity index (χ1) is 12.7. The molecule has 0 saturated heterocycles. The van der Waals surface area contributed by atoms with Crippen molar-refractivity contribution in [3.8, 4) is 11.3 Å². The molecule has 134 valence electrons. The zero-order valence-electron chi connectivity index (χ0n) is 14.4. The molecule has 4 aromatic rings. The second-order valence-corrected chi connectivity index (χ2v) is 6.99. The first-order valence-electron chi connectivity index (χ1n) is 8.33. The molecule has 0 radical (unpaired) electrons. The van der Waals surface area contributed by atoms with Crippen LogP contribution in [0.5, 0.6) is 0 Å². The highest BCUT2D eigenvalue weighted by molar-refractivity contribution is 9.10. The number of rotatable bonds is 4. The van der Waals surface area contributed by atoms with Gasteiger partial charge in [0, 0.05) is 21.7 Å². The molecule has 0 N–H and O–H groups in total. The molecule has 0 saturated carbocycles. The number of halogens is 2. The Morgan fingerprint density at radius 3 is 2.41 bits per heavy atom. The van der Waals surface area contributed by atoms with Crippen molar-refractivity contribution in [1.82, 2.24) is 4.98 Å². The van der Waals surface area contributed by atoms with Gasteiger partial charge in [-0.1, -0.05) is 64.5 Å². The predicted octanol–water partition coefficient (Wildman–Crippen LogP) is 5.41. The number of fused-ring (bicyclic) bond motifs is 1. The Kier molecular flexibility index (Phi) is 6.14. The van der Waals surface area contributed by atoms with Gasteiger partial charge in [-0.15, -0.1) is 17.0 Å². The van der Waals surface area contributed by atoms with Gasteiger partial charge in [-0.2, -0.15) is 0 Å². The summed E-state index contributed by atoms with van der Waals surface area (Å²) in [6.45, 7) is 0.268. The highest BCUT2D eigenvalue weighted by Crippen LogP contribution is 2.26. The Morgan fingerprint density at radius 2 is 1.67 bits per heavy atom. The van der Waals surface area contributed by atoms with E-state index >= 15 is 0 Å². The quantitative estimate of drug-likeness (QED) is 0.286. The second kappa shape index (κ2) is 8.55. The Bertz CT molecular complexity index is 1070. The number of benzene rings is 3. The van der Waals surface area contributed by atoms with Gasteiger partial charge in [-0.05, 0) is 34.0 Å². The molecule has 1 heterocycles. The Balaban J connectivity index is 0.00000210. The lowest BCUT2D eigenvalue weighted by atomic mass is 10.0. The molecular weight excluding hydrogens is 468 g/mol. The first-order valence-corrected chi connectivity index (χ1v) is 9.12. The van der Waals surface area contributed by atoms with Crippen LogP contribution in [0.1, 0.15) is 10.4 Å². The lowest BCUT2D eigenvalue weighted by Gasteiger charge is -2.04. The van der Waals surface area contributed by atoms with Gasteiger partial charge in [0.05, 0.1) is 6.20 Å². The van der Waals surface area contributed by atoms with E-state index in [1.54, 1.807) is 10.9 Å². The van der Waals surface area contributed by atoms with Crippen LogP contribution in [-0.4, -0.2) is 10.8 Å². The summed E-state index contributed by atoms with van der Waals surface area (Å²) in [5.41, 5.74) is 2.68. The third-order valence-corrected chi connectivity index (χ3v) is 4.86. The normalized spacial score (nSPS) is 10.4. The van der Waals surface area contributed by atoms with Crippen LogP contribution in [0, 0.1) is 0 Å². The summed E-state index contributed by atoms with van der Waals surface area (Å²) >= 11 is 3.38. The van der Waals surface area contributed by atoms with Crippen LogP contribution in [0.25, 0.3) is 22.0 Å². The maximum absolute atomic E-state index is 12.4. The molecule has 0 amide bonds. The summed E-state index contributed by atoms with van der Waals surface area (Å²) < 4.78 is 2.77. The third kappa shape index (κ3) is 4.31. The van der Waals surface area contributed by atoms with E-state index in [4.69, 9.17) is 0 Å². The van der Waals surface area contributed by atoms with Crippen molar-refractivity contribution >= 4 is 49.5 Å². The van der Waals surface area contributed by atoms with Crippen LogP contribution >= 0.6 is 32.9 Å². The Morgan fingerprint density at radius 1 is 0.926 bits per heavy atom. The van der Waals surface area contributed by atoms with Crippen LogP contribution in [0.2, 0.25) is 0 Å². The summed E-state index contributed by atoms with van der Waals surface area (Å²) in [6.07, 6.45) is 3.62. The molecular formula is C22H17Br2N2O+. The number of ketones is 1. The van der Waals surface area contributed by atoms with Gasteiger partial charge in [-0.3, -0.25) is 4.79 Å². The van der Waals surface area contributed by atoms with Crippen molar-refractivity contribution in [3.63, 3.8) is 0 Å². The van der Waals surface area contributed by atoms with E-state index in [0.717, 1.165) is 15.7 Å². The van der Waals surface area contributed by atoms with Gasteiger partial charge in [0.15, 0.2) is 12.2 Å². The van der Waals surface area contributed by atoms with Gasteiger partial charge < -0.3 is 0 Å². The van der Waals surface area contributed by atoms with E-state index in [9.17, 15) is 4.79 Å². The van der Waals surface area contributed by atoms with Crippen molar-refractivity contribution in [2.45, 2.75) is 6.54 Å². The maximum atomic E-state index is 12.4. The minimum Gasteiger partial charge on any atom is -0.290 e. The second-order valence-electron chi connectivity index (χ2n) is 6.07. The molecule has 0 aliphatic carbocycles. The van der Waals surface area contributed by atoms with Crippen LogP contribution < -0.4 is 4.57 Å². The predicted molar refractivity (Wildman–Crippen MR) is 116 cm³/mol. The van der Waals surface area contributed by atoms with Crippen molar-refractivity contribution in [2.24, 2.45) is 0 Å². The highest BCUT2D eigenvalue weighted by Gasteiger charge is 2.13. The van der Waals surface area contributed by atoms with Gasteiger partial charge >= 0.3 is 0 Å². The summed E-state index contributed by atoms with van der Waals surface area (Å²) in [7, 11) is 0. The Labute approximate surface area is 176 Å². The fourth-order valence-corrected chi connectivity index (χ4v) is 3.24. The standard InChI is InChI=1S/C22H16BrN2O.BrH/c23-18-10-8-17(9-11-18)22(26)14-25-13-12-21(24-15-25)20-7-3-5-16-4-1-2-6-19(16)20;/h1-13,15H,14H2;1H/q+1;. The molecule has 3 aromatic carbocycles. The van der Waals surface area contributed by atoms with Crippen LogP contribution in [0.15, 0.2) is 89.8 Å². The highest BCUT2D eigenvalue weighted by atomic mass is 79.9. The van der Waals surface area contributed by atoms with E-state index in [0.29, 0.717) is 5.56 Å². The summed E-state index contributed by atoms with van der Waals surface area (Å²) in [6, 6.07) is 23.8. The van der Waals surface area contributed by atoms with E-state index in [1.165, 1.54) is 10.8 Å². The summed E-state index contributed by atoms with van der Waals surface area (Å²) in [5.74, 6) is 0.0576. The van der Waals surface area contributed by atoms with E-state index < -0.39 is 0 Å². The maximum Gasteiger partial charge on any atom is 0.287 e. The van der Waals surface area contributed by atoms with E-state index in [1.807, 2.05) is 54.7 Å². The number of hydrogen-bond donors (Lipinski definition) is 0. The molecule has 0 aliphatic rings. The fraction of sp³-hybridized carbons (Fsp3) is 0.0455. The molecule has 0 bridgehead atoms. The minimum atomic E-state index is 0. The lowest BCUT2D eigenvalue weighted by Crippen LogP contribution is -2.37. The number of carbonyl (C=O) groups is 1. The van der Waals surface area contributed by atoms with E-state index in [2.05, 4.69) is 45.2 Å². The van der Waals surface area contributed by atoms with Gasteiger partial charge in [0.2, 0.25) is 5.78 Å². The molecule has 4 rings (SSSR count). The summed E-state index contributed by atoms with van der Waals surface area (Å²) in [4.78, 5) is 17.0. The van der Waals surface area contributed by atoms with Gasteiger partial charge in [-0.25, -0.2) is 4.57 Å². The largest absolute Gasteiger partial charge is 0.290 e. The average molecular weight is 485 g/mol. The molecule has 0 aliphatic heterocycles. The zero-order valence-corrected chi connectivity index (χ0v) is 17.7. The monoisotopic (exact) mass is 483 g/mol. The molecule has 1 aromatic heterocycles. The smallest absolute Gasteiger partial charge is 0.287 e. The number of carbonyl (C=O) groups excluding carboxylic acids is 1. The van der Waals surface area contributed by atoms with Crippen LogP contribution in [-0.2, 0) is 6.54 Å². The van der Waals surface area contributed by atoms with Crippen LogP contribution in [0.3, 0.4) is 0 Å². The fourth-order valence-electron chi connectivity index (χ4n) is 2.98. The Hall–Kier alpha value is -2.37. The van der Waals surface area contributed by atoms with Crippen molar-refractivity contribution < 1.29 is 9.36 Å². The summed E-state index contributed by atoms with van der Waals surface area (Å²) in [5, 5.41) is 2.36. The number of hydrogen-bond acceptors (Lipinski definition) is 2. The molecule has 27 heavy (non-hydrogen) atoms. The van der Waals surface area contributed by atoms with Crippen molar-refractivity contribution in [1.29, 1.82) is 0 Å². The molecule has 0 fully saturated rings. The van der Waals surface area contributed by atoms with Crippen molar-refractivity contribution in [3.05, 3.63) is 95.4 Å². The van der Waals surface area contributed by atoms with Gasteiger partial charge in [0.25, 0.3) is 6.33 Å². The topological polar surface area (TPSA) is 33.8 Å². The van der Waals surface area contributed by atoms with Crippen molar-refractivity contribution in [2.75, 3.05) is 0 Å². The number of aromatic nitrogens is 2. The molecule has 0 unspecified atom stereocenters. The average Bonchev–Trinajstić information content (AvgIpc) is 2.69. The number of nitrogens with zero attached hydrogens (tertiary/aromatic N) is 2. The lowest BCUT2D eigenvalue weighted by molar-refractivity contribution is -0.686. The zero-order chi connectivity index (χ0) is 17.9. The first kappa shape index (κ1) is 19.4. The molecule has 0 spiro atoms. The van der Waals surface area contributed by atoms with Gasteiger partial charge in [0.1, 0.15) is 0 Å². The molecule has 0 atom stereocenters. The molecule has 3 nitrogen and oxygen atoms in total. The van der Waals surface area contributed by atoms with Crippen LogP contribution in [0.4, 0.5) is 0 Å². The SMILES string of the molecule is Br.O=C(C[n+]1ccc(-c2cccc3ccccc23)nc1)c1ccc(Br)cc1.